The van der Waals surface area contributed by atoms with Crippen LogP contribution in [0.5, 0.6) is 0 Å². The molecule has 1 aromatic carbocycles. The Labute approximate surface area is 375 Å². The number of hydrogen-bond donors (Lipinski definition) is 2. The van der Waals surface area contributed by atoms with Gasteiger partial charge < -0.3 is 19.7 Å². The van der Waals surface area contributed by atoms with E-state index in [0.717, 1.165) is 56.1 Å². The number of carbonyl (C=O) groups excluding carboxylic acids is 3. The van der Waals surface area contributed by atoms with Gasteiger partial charge in [0.05, 0.1) is 23.7 Å². The molecule has 0 unspecified atom stereocenters. The molecule has 0 aliphatic heterocycles. The molecule has 0 spiro atoms. The van der Waals surface area contributed by atoms with Gasteiger partial charge in [-0.1, -0.05) is 84.4 Å². The summed E-state index contributed by atoms with van der Waals surface area (Å²) in [6, 6.07) is 7.71. The minimum absolute atomic E-state index is 0.0110. The minimum Gasteiger partial charge on any atom is -0.481 e. The van der Waals surface area contributed by atoms with E-state index in [1.54, 1.807) is 27.7 Å². The van der Waals surface area contributed by atoms with Gasteiger partial charge in [-0.05, 0) is 154 Å². The number of hydrogen-bond acceptors (Lipinski definition) is 7. The lowest BCUT2D eigenvalue weighted by molar-refractivity contribution is -0.235. The second-order valence-electron chi connectivity index (χ2n) is 22.9. The highest BCUT2D eigenvalue weighted by molar-refractivity contribution is 6.30. The number of allylic oxidation sites excluding steroid dienone is 2. The first-order valence-electron chi connectivity index (χ1n) is 23.2. The third-order valence-corrected chi connectivity index (χ3v) is 18.0. The zero-order valence-electron chi connectivity index (χ0n) is 39.3. The van der Waals surface area contributed by atoms with Gasteiger partial charge in [0.1, 0.15) is 12.2 Å². The number of benzene rings is 1. The van der Waals surface area contributed by atoms with Gasteiger partial charge in [-0.2, -0.15) is 0 Å². The Hall–Kier alpha value is -3.46. The molecule has 2 N–H and O–H groups in total. The minimum atomic E-state index is -1.31. The first-order chi connectivity index (χ1) is 28.7. The number of Topliss-reactive ketones (excluding diaryl/α,β-unsaturated/α-hetero) is 1. The van der Waals surface area contributed by atoms with E-state index >= 15 is 0 Å². The normalized spacial score (nSPS) is 33.6. The van der Waals surface area contributed by atoms with Crippen molar-refractivity contribution in [2.75, 3.05) is 0 Å². The van der Waals surface area contributed by atoms with Gasteiger partial charge in [0, 0.05) is 28.7 Å². The standard InChI is InChI=1S/C52H73ClO9/c1-31(2)42-35(54)28-52(39(62-41(56)30-47(5,6)45(59)60)15-13-12-14-32-16-18-33(53)19-17-32)27-26-50(10)34(43(42)52)20-21-37-49(9)24-23-38(61-40(55)29-46(3,4)44(57)58)48(7,8)36(49)22-25-51(37,50)11/h12-13,16-19,31,34,36-39H,14-15,20-30H2,1-11H3,(H,57,58)(H,59,60)/b13-12+/t34-,36+,37-,38+,39-,49+,50-,51-,52+/m1/s1. The van der Waals surface area contributed by atoms with Crippen molar-refractivity contribution in [1.82, 2.24) is 0 Å². The Balaban J connectivity index is 1.33. The zero-order chi connectivity index (χ0) is 46.0. The molecule has 6 rings (SSSR count). The molecule has 4 saturated carbocycles. The first-order valence-corrected chi connectivity index (χ1v) is 23.6. The fourth-order valence-corrected chi connectivity index (χ4v) is 14.1. The van der Waals surface area contributed by atoms with Crippen molar-refractivity contribution in [3.63, 3.8) is 0 Å². The Morgan fingerprint density at radius 2 is 1.40 bits per heavy atom. The van der Waals surface area contributed by atoms with Crippen molar-refractivity contribution in [1.29, 1.82) is 0 Å². The number of ether oxygens (including phenoxy) is 2. The fraction of sp³-hybridized carbons (Fsp3) is 0.712. The predicted octanol–water partition coefficient (Wildman–Crippen LogP) is 11.6. The molecular formula is C52H73ClO9. The molecular weight excluding hydrogens is 804 g/mol. The van der Waals surface area contributed by atoms with Gasteiger partial charge in [0.2, 0.25) is 0 Å². The summed E-state index contributed by atoms with van der Waals surface area (Å²) in [5.74, 6) is -2.16. The summed E-state index contributed by atoms with van der Waals surface area (Å²) in [7, 11) is 0. The number of carboxylic acids is 2. The van der Waals surface area contributed by atoms with Gasteiger partial charge in [-0.25, -0.2) is 0 Å². The van der Waals surface area contributed by atoms with Crippen LogP contribution in [0.4, 0.5) is 0 Å². The fourth-order valence-electron chi connectivity index (χ4n) is 14.0. The molecule has 0 bridgehead atoms. The van der Waals surface area contributed by atoms with Crippen LogP contribution < -0.4 is 0 Å². The van der Waals surface area contributed by atoms with Crippen LogP contribution in [0.1, 0.15) is 159 Å². The van der Waals surface area contributed by atoms with Crippen molar-refractivity contribution >= 4 is 41.3 Å². The molecule has 0 amide bonds. The van der Waals surface area contributed by atoms with E-state index in [2.05, 4.69) is 60.6 Å². The van der Waals surface area contributed by atoms with Crippen LogP contribution in [0.15, 0.2) is 47.6 Å². The third kappa shape index (κ3) is 8.23. The molecule has 4 fully saturated rings. The monoisotopic (exact) mass is 876 g/mol. The van der Waals surface area contributed by atoms with E-state index in [-0.39, 0.29) is 64.6 Å². The molecule has 0 saturated heterocycles. The lowest BCUT2D eigenvalue weighted by atomic mass is 9.33. The van der Waals surface area contributed by atoms with Gasteiger partial charge >= 0.3 is 23.9 Å². The van der Waals surface area contributed by atoms with Crippen molar-refractivity contribution in [3.05, 3.63) is 58.1 Å². The van der Waals surface area contributed by atoms with Crippen LogP contribution in [-0.2, 0) is 39.9 Å². The summed E-state index contributed by atoms with van der Waals surface area (Å²) in [5, 5.41) is 20.3. The second-order valence-corrected chi connectivity index (χ2v) is 23.4. The van der Waals surface area contributed by atoms with Crippen molar-refractivity contribution < 1.29 is 43.7 Å². The van der Waals surface area contributed by atoms with Crippen LogP contribution >= 0.6 is 11.6 Å². The Bertz CT molecular complexity index is 2010. The molecule has 62 heavy (non-hydrogen) atoms. The Morgan fingerprint density at radius 3 is 2.00 bits per heavy atom. The van der Waals surface area contributed by atoms with E-state index < -0.39 is 46.2 Å². The maximum atomic E-state index is 14.5. The quantitative estimate of drug-likeness (QED) is 0.138. The van der Waals surface area contributed by atoms with Gasteiger partial charge in [0.25, 0.3) is 0 Å². The van der Waals surface area contributed by atoms with E-state index in [9.17, 15) is 34.2 Å². The van der Waals surface area contributed by atoms with Crippen molar-refractivity contribution in [3.8, 4) is 0 Å². The van der Waals surface area contributed by atoms with Crippen LogP contribution in [0.2, 0.25) is 5.02 Å². The van der Waals surface area contributed by atoms with E-state index in [1.807, 2.05) is 24.3 Å². The van der Waals surface area contributed by atoms with Crippen LogP contribution in [0.3, 0.4) is 0 Å². The summed E-state index contributed by atoms with van der Waals surface area (Å²) in [5.41, 5.74) is -0.557. The smallest absolute Gasteiger partial charge is 0.309 e. The van der Waals surface area contributed by atoms with Gasteiger partial charge in [-0.3, -0.25) is 24.0 Å². The Kier molecular flexibility index (Phi) is 13.0. The van der Waals surface area contributed by atoms with E-state index in [4.69, 9.17) is 21.1 Å². The van der Waals surface area contributed by atoms with Crippen molar-refractivity contribution in [2.24, 2.45) is 61.6 Å². The van der Waals surface area contributed by atoms with Gasteiger partial charge in [0.15, 0.2) is 5.78 Å². The molecule has 1 aromatic rings. The summed E-state index contributed by atoms with van der Waals surface area (Å²) in [6.07, 6.45) is 11.2. The highest BCUT2D eigenvalue weighted by Gasteiger charge is 2.71. The number of carboxylic acid groups (broad SMARTS) is 2. The molecule has 5 aliphatic carbocycles. The van der Waals surface area contributed by atoms with E-state index in [0.29, 0.717) is 36.1 Å². The van der Waals surface area contributed by atoms with Crippen LogP contribution in [0.25, 0.3) is 0 Å². The van der Waals surface area contributed by atoms with E-state index in [1.165, 1.54) is 5.57 Å². The second kappa shape index (κ2) is 16.8. The maximum Gasteiger partial charge on any atom is 0.309 e. The molecule has 342 valence electrons. The average Bonchev–Trinajstić information content (AvgIpc) is 3.47. The SMILES string of the molecule is CC(C)C1=C2[C@H]3CC[C@@H]4[C@@]5(C)CC[C@H](OC(=O)CC(C)(C)C(=O)O)C(C)(C)[C@@H]5CC[C@@]4(C)[C@]3(C)CC[C@@]2([C@@H](C/C=C/Cc2ccc(Cl)cc2)OC(=O)CC(C)(C)C(=O)O)CC1=O. The lowest BCUT2D eigenvalue weighted by Gasteiger charge is -2.72. The third-order valence-electron chi connectivity index (χ3n) is 17.7. The highest BCUT2D eigenvalue weighted by atomic mass is 35.5. The molecule has 9 atom stereocenters. The zero-order valence-corrected chi connectivity index (χ0v) is 40.0. The number of aliphatic carboxylic acids is 2. The number of rotatable bonds is 14. The van der Waals surface area contributed by atoms with Crippen molar-refractivity contribution in [2.45, 2.75) is 172 Å². The number of carbonyl (C=O) groups is 5. The largest absolute Gasteiger partial charge is 0.481 e. The molecule has 0 aromatic heterocycles. The summed E-state index contributed by atoms with van der Waals surface area (Å²) in [4.78, 5) is 65.6. The molecule has 0 radical (unpaired) electrons. The van der Waals surface area contributed by atoms with Crippen LogP contribution in [0, 0.1) is 61.6 Å². The Morgan fingerprint density at radius 1 is 0.790 bits per heavy atom. The van der Waals surface area contributed by atoms with Crippen LogP contribution in [-0.4, -0.2) is 52.1 Å². The highest BCUT2D eigenvalue weighted by Crippen LogP contribution is 2.77. The molecule has 9 nitrogen and oxygen atoms in total. The number of fused-ring (bicyclic) bond motifs is 7. The van der Waals surface area contributed by atoms with Gasteiger partial charge in [-0.15, -0.1) is 0 Å². The summed E-state index contributed by atoms with van der Waals surface area (Å²) >= 11 is 6.14. The lowest BCUT2D eigenvalue weighted by Crippen LogP contribution is -2.66. The maximum absolute atomic E-state index is 14.5. The molecule has 5 aliphatic rings. The molecule has 10 heteroatoms. The average molecular weight is 878 g/mol. The summed E-state index contributed by atoms with van der Waals surface area (Å²) < 4.78 is 12.7. The predicted molar refractivity (Wildman–Crippen MR) is 240 cm³/mol. The molecule has 0 heterocycles. The number of halogens is 1. The summed E-state index contributed by atoms with van der Waals surface area (Å²) in [6.45, 7) is 22.4. The number of esters is 2. The first kappa shape index (κ1) is 48.0. The topological polar surface area (TPSA) is 144 Å². The number of ketones is 1.